The lowest BCUT2D eigenvalue weighted by Crippen LogP contribution is -2.56. The predicted octanol–water partition coefficient (Wildman–Crippen LogP) is 1.58. The number of carboxylic acid groups (broad SMARTS) is 1. The Morgan fingerprint density at radius 1 is 1.21 bits per heavy atom. The number of hydrogen-bond donors (Lipinski definition) is 1. The Bertz CT molecular complexity index is 424. The summed E-state index contributed by atoms with van der Waals surface area (Å²) in [6, 6.07) is 0. The average molecular weight is 265 g/mol. The van der Waals surface area contributed by atoms with Crippen LogP contribution in [-0.2, 0) is 14.4 Å². The largest absolute Gasteiger partial charge is 0.479 e. The van der Waals surface area contributed by atoms with Crippen LogP contribution < -0.4 is 0 Å². The molecule has 1 N–H and O–H groups in total. The summed E-state index contributed by atoms with van der Waals surface area (Å²) in [5.74, 6) is -2.45. The topological polar surface area (TPSA) is 74.7 Å². The number of imide groups is 1. The predicted molar refractivity (Wildman–Crippen MR) is 68.2 cm³/mol. The molecule has 5 heteroatoms. The van der Waals surface area contributed by atoms with Gasteiger partial charge in [-0.2, -0.15) is 0 Å². The maximum Gasteiger partial charge on any atom is 0.330 e. The maximum atomic E-state index is 12.4. The normalized spacial score (nSPS) is 26.7. The molecule has 2 atom stereocenters. The van der Waals surface area contributed by atoms with Gasteiger partial charge in [0, 0.05) is 0 Å². The van der Waals surface area contributed by atoms with Crippen LogP contribution in [0, 0.1) is 11.8 Å². The first-order chi connectivity index (χ1) is 8.99. The summed E-state index contributed by atoms with van der Waals surface area (Å²) in [5, 5.41) is 9.49. The minimum atomic E-state index is -1.38. The minimum Gasteiger partial charge on any atom is -0.479 e. The van der Waals surface area contributed by atoms with Gasteiger partial charge < -0.3 is 5.11 Å². The van der Waals surface area contributed by atoms with Crippen molar-refractivity contribution in [3.05, 3.63) is 12.2 Å². The summed E-state index contributed by atoms with van der Waals surface area (Å²) in [4.78, 5) is 37.5. The minimum absolute atomic E-state index is 0.239. The Labute approximate surface area is 112 Å². The van der Waals surface area contributed by atoms with Crippen molar-refractivity contribution in [1.29, 1.82) is 0 Å². The zero-order valence-electron chi connectivity index (χ0n) is 11.3. The fourth-order valence-electron chi connectivity index (χ4n) is 3.19. The summed E-state index contributed by atoms with van der Waals surface area (Å²) in [6.07, 6.45) is 5.35. The monoisotopic (exact) mass is 265 g/mol. The molecule has 0 spiro atoms. The number of carbonyl (C=O) groups is 3. The van der Waals surface area contributed by atoms with Gasteiger partial charge in [0.25, 0.3) is 0 Å². The van der Waals surface area contributed by atoms with E-state index in [4.69, 9.17) is 0 Å². The van der Waals surface area contributed by atoms with E-state index in [1.54, 1.807) is 13.8 Å². The quantitative estimate of drug-likeness (QED) is 0.618. The van der Waals surface area contributed by atoms with Gasteiger partial charge in [-0.3, -0.25) is 14.5 Å². The molecule has 1 heterocycles. The van der Waals surface area contributed by atoms with Crippen molar-refractivity contribution in [3.63, 3.8) is 0 Å². The molecule has 0 aromatic carbocycles. The maximum absolute atomic E-state index is 12.4. The molecule has 0 radical (unpaired) electrons. The lowest BCUT2D eigenvalue weighted by molar-refractivity contribution is -0.164. The van der Waals surface area contributed by atoms with Crippen molar-refractivity contribution in [2.75, 3.05) is 0 Å². The summed E-state index contributed by atoms with van der Waals surface area (Å²) in [7, 11) is 0. The van der Waals surface area contributed by atoms with Crippen LogP contribution in [0.2, 0.25) is 0 Å². The Morgan fingerprint density at radius 3 is 1.95 bits per heavy atom. The first-order valence-electron chi connectivity index (χ1n) is 6.76. The van der Waals surface area contributed by atoms with Gasteiger partial charge >= 0.3 is 5.97 Å². The molecule has 104 valence electrons. The zero-order valence-corrected chi connectivity index (χ0v) is 11.3. The molecule has 1 fully saturated rings. The highest BCUT2D eigenvalue weighted by atomic mass is 16.4. The summed E-state index contributed by atoms with van der Waals surface area (Å²) in [6.45, 7) is 3.41. The van der Waals surface area contributed by atoms with Crippen LogP contribution in [-0.4, -0.2) is 33.3 Å². The van der Waals surface area contributed by atoms with Gasteiger partial charge in [-0.1, -0.05) is 26.0 Å². The van der Waals surface area contributed by atoms with Gasteiger partial charge in [-0.15, -0.1) is 0 Å². The second kappa shape index (κ2) is 4.79. The van der Waals surface area contributed by atoms with E-state index in [0.717, 1.165) is 4.90 Å². The molecular weight excluding hydrogens is 246 g/mol. The van der Waals surface area contributed by atoms with E-state index in [2.05, 4.69) is 0 Å². The molecule has 1 aliphatic heterocycles. The van der Waals surface area contributed by atoms with Crippen molar-refractivity contribution < 1.29 is 19.5 Å². The molecule has 1 saturated heterocycles. The number of allylic oxidation sites excluding steroid dienone is 2. The Kier molecular flexibility index (Phi) is 3.47. The fraction of sp³-hybridized carbons (Fsp3) is 0.643. The Balaban J connectivity index is 2.42. The van der Waals surface area contributed by atoms with E-state index in [9.17, 15) is 19.5 Å². The first kappa shape index (κ1) is 13.8. The number of aliphatic carboxylic acids is 1. The fourth-order valence-corrected chi connectivity index (χ4v) is 3.19. The van der Waals surface area contributed by atoms with Gasteiger partial charge in [0.15, 0.2) is 0 Å². The third kappa shape index (κ3) is 1.79. The Morgan fingerprint density at radius 2 is 1.63 bits per heavy atom. The first-order valence-corrected chi connectivity index (χ1v) is 6.76. The van der Waals surface area contributed by atoms with Gasteiger partial charge in [-0.05, 0) is 25.7 Å². The van der Waals surface area contributed by atoms with Gasteiger partial charge in [0.1, 0.15) is 5.54 Å². The molecule has 1 aliphatic carbocycles. The van der Waals surface area contributed by atoms with Crippen LogP contribution in [0.5, 0.6) is 0 Å². The van der Waals surface area contributed by atoms with Gasteiger partial charge in [0.2, 0.25) is 11.8 Å². The Hall–Kier alpha value is -1.65. The number of fused-ring (bicyclic) bond motifs is 1. The molecule has 0 bridgehead atoms. The molecule has 0 saturated carbocycles. The van der Waals surface area contributed by atoms with E-state index in [1.165, 1.54) is 0 Å². The smallest absolute Gasteiger partial charge is 0.330 e. The zero-order chi connectivity index (χ0) is 14.2. The molecule has 0 aromatic heterocycles. The van der Waals surface area contributed by atoms with Crippen LogP contribution in [0.4, 0.5) is 0 Å². The molecule has 2 amide bonds. The SMILES string of the molecule is CCC(CC)(C(=O)O)N1C(=O)[C@H]2CC=CC[C@H]2C1=O. The number of likely N-dealkylation sites (tertiary alicyclic amines) is 1. The van der Waals surface area contributed by atoms with Crippen LogP contribution in [0.3, 0.4) is 0 Å². The third-order valence-corrected chi connectivity index (χ3v) is 4.50. The van der Waals surface area contributed by atoms with Crippen LogP contribution in [0.15, 0.2) is 12.2 Å². The molecule has 5 nitrogen and oxygen atoms in total. The molecule has 19 heavy (non-hydrogen) atoms. The van der Waals surface area contributed by atoms with Crippen molar-refractivity contribution in [2.24, 2.45) is 11.8 Å². The standard InChI is InChI=1S/C14H19NO4/c1-3-14(4-2,13(18)19)15-11(16)9-7-5-6-8-10(9)12(15)17/h5-6,9-10H,3-4,7-8H2,1-2H3,(H,18,19)/t9-,10+. The second-order valence-corrected chi connectivity index (χ2v) is 5.21. The highest BCUT2D eigenvalue weighted by Gasteiger charge is 2.56. The number of amides is 2. The summed E-state index contributed by atoms with van der Waals surface area (Å²) < 4.78 is 0. The summed E-state index contributed by atoms with van der Waals surface area (Å²) >= 11 is 0. The highest BCUT2D eigenvalue weighted by molar-refractivity contribution is 6.09. The molecule has 2 aliphatic rings. The third-order valence-electron chi connectivity index (χ3n) is 4.50. The molecular formula is C14H19NO4. The van der Waals surface area contributed by atoms with E-state index >= 15 is 0 Å². The van der Waals surface area contributed by atoms with Crippen LogP contribution >= 0.6 is 0 Å². The molecule has 0 aromatic rings. The number of hydrogen-bond acceptors (Lipinski definition) is 3. The van der Waals surface area contributed by atoms with Gasteiger partial charge in [-0.25, -0.2) is 4.79 Å². The van der Waals surface area contributed by atoms with Crippen molar-refractivity contribution in [1.82, 2.24) is 4.90 Å². The summed E-state index contributed by atoms with van der Waals surface area (Å²) in [5.41, 5.74) is -1.38. The van der Waals surface area contributed by atoms with Crippen molar-refractivity contribution in [3.8, 4) is 0 Å². The van der Waals surface area contributed by atoms with E-state index in [1.807, 2.05) is 12.2 Å². The highest BCUT2D eigenvalue weighted by Crippen LogP contribution is 2.40. The van der Waals surface area contributed by atoms with Crippen LogP contribution in [0.1, 0.15) is 39.5 Å². The van der Waals surface area contributed by atoms with Gasteiger partial charge in [0.05, 0.1) is 11.8 Å². The molecule has 0 unspecified atom stereocenters. The number of carboxylic acids is 1. The lowest BCUT2D eigenvalue weighted by atomic mass is 9.85. The average Bonchev–Trinajstić information content (AvgIpc) is 2.66. The van der Waals surface area contributed by atoms with Crippen LogP contribution in [0.25, 0.3) is 0 Å². The van der Waals surface area contributed by atoms with Crippen molar-refractivity contribution >= 4 is 17.8 Å². The second-order valence-electron chi connectivity index (χ2n) is 5.21. The van der Waals surface area contributed by atoms with Crippen molar-refractivity contribution in [2.45, 2.75) is 45.1 Å². The molecule has 2 rings (SSSR count). The van der Waals surface area contributed by atoms with E-state index < -0.39 is 11.5 Å². The lowest BCUT2D eigenvalue weighted by Gasteiger charge is -2.35. The van der Waals surface area contributed by atoms with E-state index in [0.29, 0.717) is 12.8 Å². The number of nitrogens with zero attached hydrogens (tertiary/aromatic N) is 1. The number of carbonyl (C=O) groups excluding carboxylic acids is 2. The number of rotatable bonds is 4. The van der Waals surface area contributed by atoms with E-state index in [-0.39, 0.29) is 36.5 Å².